The summed E-state index contributed by atoms with van der Waals surface area (Å²) in [6, 6.07) is 9.25. The normalized spacial score (nSPS) is 22.8. The first-order valence-corrected chi connectivity index (χ1v) is 8.64. The van der Waals surface area contributed by atoms with Gasteiger partial charge in [0.25, 0.3) is 5.91 Å². The van der Waals surface area contributed by atoms with E-state index in [2.05, 4.69) is 10.4 Å². The monoisotopic (exact) mass is 343 g/mol. The second-order valence-electron chi connectivity index (χ2n) is 6.86. The van der Waals surface area contributed by atoms with Crippen LogP contribution in [0.3, 0.4) is 0 Å². The molecule has 1 amide bonds. The van der Waals surface area contributed by atoms with Crippen LogP contribution in [0.2, 0.25) is 0 Å². The molecule has 0 aliphatic heterocycles. The van der Waals surface area contributed by atoms with Gasteiger partial charge in [-0.05, 0) is 56.0 Å². The van der Waals surface area contributed by atoms with Gasteiger partial charge < -0.3 is 15.2 Å². The Morgan fingerprint density at radius 2 is 2.16 bits per heavy atom. The van der Waals surface area contributed by atoms with Crippen LogP contribution in [0, 0.1) is 12.8 Å². The number of carbonyl (C=O) groups is 1. The summed E-state index contributed by atoms with van der Waals surface area (Å²) in [6.07, 6.45) is 2.73. The van der Waals surface area contributed by atoms with Gasteiger partial charge in [0.15, 0.2) is 5.69 Å². The highest BCUT2D eigenvalue weighted by Crippen LogP contribution is 2.34. The van der Waals surface area contributed by atoms with E-state index in [1.807, 2.05) is 38.1 Å². The zero-order valence-corrected chi connectivity index (χ0v) is 15.0. The Morgan fingerprint density at radius 1 is 1.44 bits per heavy atom. The van der Waals surface area contributed by atoms with Crippen LogP contribution in [0.15, 0.2) is 30.3 Å². The smallest absolute Gasteiger partial charge is 0.271 e. The molecule has 6 heteroatoms. The summed E-state index contributed by atoms with van der Waals surface area (Å²) >= 11 is 0. The van der Waals surface area contributed by atoms with Crippen LogP contribution in [0.25, 0.3) is 5.69 Å². The number of benzene rings is 1. The van der Waals surface area contributed by atoms with Crippen LogP contribution in [-0.2, 0) is 0 Å². The summed E-state index contributed by atoms with van der Waals surface area (Å²) in [4.78, 5) is 12.4. The molecular formula is C19H25N3O3. The predicted molar refractivity (Wildman–Crippen MR) is 95.2 cm³/mol. The number of nitrogens with zero attached hydrogens (tertiary/aromatic N) is 2. The van der Waals surface area contributed by atoms with Crippen molar-refractivity contribution in [1.82, 2.24) is 15.1 Å². The van der Waals surface area contributed by atoms with E-state index in [0.29, 0.717) is 5.69 Å². The SMILES string of the molecule is COc1ccc(-n2nc(C(=O)NC[C@]3(O)CCC[C@H]3C)cc2C)cc1. The molecule has 2 aromatic rings. The van der Waals surface area contributed by atoms with E-state index in [1.165, 1.54) is 0 Å². The molecule has 0 spiro atoms. The molecule has 1 fully saturated rings. The lowest BCUT2D eigenvalue weighted by atomic mass is 9.92. The van der Waals surface area contributed by atoms with Gasteiger partial charge in [0, 0.05) is 12.2 Å². The van der Waals surface area contributed by atoms with Gasteiger partial charge >= 0.3 is 0 Å². The van der Waals surface area contributed by atoms with Crippen molar-refractivity contribution in [1.29, 1.82) is 0 Å². The zero-order valence-electron chi connectivity index (χ0n) is 15.0. The number of amides is 1. The summed E-state index contributed by atoms with van der Waals surface area (Å²) in [6.45, 7) is 4.20. The Bertz CT molecular complexity index is 754. The molecule has 134 valence electrons. The van der Waals surface area contributed by atoms with Gasteiger partial charge in [-0.3, -0.25) is 4.79 Å². The third kappa shape index (κ3) is 3.54. The number of methoxy groups -OCH3 is 1. The number of hydrogen-bond donors (Lipinski definition) is 2. The molecule has 1 saturated carbocycles. The predicted octanol–water partition coefficient (Wildman–Crippen LogP) is 2.47. The van der Waals surface area contributed by atoms with E-state index in [1.54, 1.807) is 17.9 Å². The van der Waals surface area contributed by atoms with Crippen LogP contribution in [-0.4, -0.2) is 40.0 Å². The fourth-order valence-electron chi connectivity index (χ4n) is 3.39. The largest absolute Gasteiger partial charge is 0.497 e. The van der Waals surface area contributed by atoms with Gasteiger partial charge in [0.05, 0.1) is 18.4 Å². The van der Waals surface area contributed by atoms with Crippen molar-refractivity contribution in [2.75, 3.05) is 13.7 Å². The molecule has 1 aromatic heterocycles. The minimum atomic E-state index is -0.802. The number of nitrogens with one attached hydrogen (secondary N) is 1. The third-order valence-electron chi connectivity index (χ3n) is 5.16. The van der Waals surface area contributed by atoms with Gasteiger partial charge in [-0.2, -0.15) is 5.10 Å². The quantitative estimate of drug-likeness (QED) is 0.874. The van der Waals surface area contributed by atoms with Gasteiger partial charge in [0.2, 0.25) is 0 Å². The summed E-state index contributed by atoms with van der Waals surface area (Å²) in [7, 11) is 1.62. The second-order valence-corrected chi connectivity index (χ2v) is 6.86. The first-order chi connectivity index (χ1) is 11.9. The Balaban J connectivity index is 1.71. The standard InChI is InChI=1S/C19H25N3O3/c1-13-5-4-10-19(13,24)12-20-18(23)17-11-14(2)22(21-17)15-6-8-16(25-3)9-7-15/h6-9,11,13,24H,4-5,10,12H2,1-3H3,(H,20,23)/t13-,19-/m1/s1. The second kappa shape index (κ2) is 6.88. The first kappa shape index (κ1) is 17.5. The summed E-state index contributed by atoms with van der Waals surface area (Å²) < 4.78 is 6.88. The van der Waals surface area contributed by atoms with E-state index in [4.69, 9.17) is 4.74 Å². The van der Waals surface area contributed by atoms with Crippen molar-refractivity contribution in [3.8, 4) is 11.4 Å². The lowest BCUT2D eigenvalue weighted by molar-refractivity contribution is 0.0101. The van der Waals surface area contributed by atoms with Crippen LogP contribution in [0.5, 0.6) is 5.75 Å². The van der Waals surface area contributed by atoms with E-state index >= 15 is 0 Å². The van der Waals surface area contributed by atoms with Crippen molar-refractivity contribution in [2.24, 2.45) is 5.92 Å². The van der Waals surface area contributed by atoms with Crippen LogP contribution >= 0.6 is 0 Å². The molecule has 1 aliphatic rings. The lowest BCUT2D eigenvalue weighted by Crippen LogP contribution is -2.44. The molecular weight excluding hydrogens is 318 g/mol. The van der Waals surface area contributed by atoms with Crippen molar-refractivity contribution in [2.45, 2.75) is 38.7 Å². The van der Waals surface area contributed by atoms with Gasteiger partial charge in [-0.15, -0.1) is 0 Å². The van der Waals surface area contributed by atoms with Crippen molar-refractivity contribution in [3.63, 3.8) is 0 Å². The molecule has 25 heavy (non-hydrogen) atoms. The number of hydrogen-bond acceptors (Lipinski definition) is 4. The molecule has 0 unspecified atom stereocenters. The summed E-state index contributed by atoms with van der Waals surface area (Å²) in [5, 5.41) is 17.8. The number of carbonyl (C=O) groups excluding carboxylic acids is 1. The third-order valence-corrected chi connectivity index (χ3v) is 5.16. The van der Waals surface area contributed by atoms with E-state index < -0.39 is 5.60 Å². The molecule has 1 aromatic carbocycles. The average Bonchev–Trinajstić information content (AvgIpc) is 3.16. The number of aliphatic hydroxyl groups is 1. The van der Waals surface area contributed by atoms with Crippen molar-refractivity contribution in [3.05, 3.63) is 41.7 Å². The Labute approximate surface area is 147 Å². The minimum absolute atomic E-state index is 0.200. The molecule has 6 nitrogen and oxygen atoms in total. The molecule has 0 radical (unpaired) electrons. The highest BCUT2D eigenvalue weighted by molar-refractivity contribution is 5.92. The summed E-state index contributed by atoms with van der Waals surface area (Å²) in [5.74, 6) is 0.708. The maximum Gasteiger partial charge on any atom is 0.271 e. The van der Waals surface area contributed by atoms with Gasteiger partial charge in [-0.1, -0.05) is 13.3 Å². The topological polar surface area (TPSA) is 76.4 Å². The number of aromatic nitrogens is 2. The number of aryl methyl sites for hydroxylation is 1. The number of ether oxygens (including phenoxy) is 1. The highest BCUT2D eigenvalue weighted by atomic mass is 16.5. The van der Waals surface area contributed by atoms with Crippen LogP contribution in [0.1, 0.15) is 42.4 Å². The summed E-state index contributed by atoms with van der Waals surface area (Å²) in [5.41, 5.74) is 1.27. The first-order valence-electron chi connectivity index (χ1n) is 8.64. The Hall–Kier alpha value is -2.34. The lowest BCUT2D eigenvalue weighted by Gasteiger charge is -2.27. The fourth-order valence-corrected chi connectivity index (χ4v) is 3.39. The maximum absolute atomic E-state index is 12.4. The Morgan fingerprint density at radius 3 is 2.76 bits per heavy atom. The number of rotatable bonds is 5. The van der Waals surface area contributed by atoms with E-state index in [-0.39, 0.29) is 18.4 Å². The van der Waals surface area contributed by atoms with Crippen molar-refractivity contribution < 1.29 is 14.6 Å². The van der Waals surface area contributed by atoms with Gasteiger partial charge in [0.1, 0.15) is 5.75 Å². The van der Waals surface area contributed by atoms with Crippen LogP contribution < -0.4 is 10.1 Å². The van der Waals surface area contributed by atoms with E-state index in [0.717, 1.165) is 36.4 Å². The minimum Gasteiger partial charge on any atom is -0.497 e. The highest BCUT2D eigenvalue weighted by Gasteiger charge is 2.38. The molecule has 1 heterocycles. The maximum atomic E-state index is 12.4. The molecule has 0 saturated heterocycles. The Kier molecular flexibility index (Phi) is 4.81. The van der Waals surface area contributed by atoms with Crippen molar-refractivity contribution >= 4 is 5.91 Å². The molecule has 1 aliphatic carbocycles. The molecule has 0 bridgehead atoms. The van der Waals surface area contributed by atoms with Gasteiger partial charge in [-0.25, -0.2) is 4.68 Å². The van der Waals surface area contributed by atoms with Crippen LogP contribution in [0.4, 0.5) is 0 Å². The van der Waals surface area contributed by atoms with E-state index in [9.17, 15) is 9.90 Å². The molecule has 2 atom stereocenters. The fraction of sp³-hybridized carbons (Fsp3) is 0.474. The zero-order chi connectivity index (χ0) is 18.0. The average molecular weight is 343 g/mol. The molecule has 3 rings (SSSR count). The molecule has 2 N–H and O–H groups in total.